The van der Waals surface area contributed by atoms with Crippen molar-refractivity contribution in [2.45, 2.75) is 131 Å². The smallest absolute Gasteiger partial charge is 0.302 e. The molecule has 5 nitrogen and oxygen atoms in total. The lowest BCUT2D eigenvalue weighted by Crippen LogP contribution is -2.63. The molecule has 0 bridgehead atoms. The van der Waals surface area contributed by atoms with Crippen molar-refractivity contribution in [2.75, 3.05) is 0 Å². The molecule has 4 fully saturated rings. The van der Waals surface area contributed by atoms with Crippen molar-refractivity contribution in [3.05, 3.63) is 0 Å². The predicted octanol–water partition coefficient (Wildman–Crippen LogP) is 7.47. The average Bonchev–Trinajstić information content (AvgIpc) is 3.19. The van der Waals surface area contributed by atoms with Crippen LogP contribution in [0.4, 0.5) is 0 Å². The van der Waals surface area contributed by atoms with Crippen LogP contribution in [0, 0.1) is 63.6 Å². The minimum Gasteiger partial charge on any atom is -0.463 e. The van der Waals surface area contributed by atoms with Gasteiger partial charge in [0.1, 0.15) is 12.2 Å². The van der Waals surface area contributed by atoms with Crippen LogP contribution >= 0.6 is 0 Å². The second kappa shape index (κ2) is 11.3. The van der Waals surface area contributed by atoms with Gasteiger partial charge in [-0.1, -0.05) is 40.5 Å². The van der Waals surface area contributed by atoms with Gasteiger partial charge in [0.25, 0.3) is 0 Å². The Kier molecular flexibility index (Phi) is 8.66. The fourth-order valence-corrected chi connectivity index (χ4v) is 10.5. The van der Waals surface area contributed by atoms with E-state index in [0.29, 0.717) is 53.3 Å². The van der Waals surface area contributed by atoms with Gasteiger partial charge in [0.05, 0.1) is 6.07 Å². The molecule has 0 heterocycles. The number of unbranched alkanes of at least 4 members (excludes halogenated alkanes) is 2. The van der Waals surface area contributed by atoms with Crippen molar-refractivity contribution in [1.82, 2.24) is 0 Å². The minimum atomic E-state index is -0.181. The number of nitriles is 1. The third kappa shape index (κ3) is 5.20. The Morgan fingerprint density at radius 1 is 0.946 bits per heavy atom. The lowest BCUT2D eigenvalue weighted by Gasteiger charge is -2.65. The van der Waals surface area contributed by atoms with Crippen LogP contribution in [0.15, 0.2) is 0 Å². The van der Waals surface area contributed by atoms with Gasteiger partial charge in [-0.15, -0.1) is 0 Å². The molecule has 0 saturated heterocycles. The van der Waals surface area contributed by atoms with Gasteiger partial charge in [-0.25, -0.2) is 0 Å². The topological polar surface area (TPSA) is 76.4 Å². The van der Waals surface area contributed by atoms with E-state index >= 15 is 0 Å². The molecule has 4 rings (SSSR count). The van der Waals surface area contributed by atoms with E-state index in [-0.39, 0.29) is 29.6 Å². The fourth-order valence-electron chi connectivity index (χ4n) is 10.5. The molecule has 0 aliphatic heterocycles. The lowest BCUT2D eigenvalue weighted by molar-refractivity contribution is -0.219. The summed E-state index contributed by atoms with van der Waals surface area (Å²) in [5, 5.41) is 8.93. The van der Waals surface area contributed by atoms with Crippen LogP contribution in [0.3, 0.4) is 0 Å². The Morgan fingerprint density at radius 2 is 1.62 bits per heavy atom. The van der Waals surface area contributed by atoms with Crippen molar-refractivity contribution in [3.8, 4) is 6.07 Å². The Labute approximate surface area is 225 Å². The highest BCUT2D eigenvalue weighted by Gasteiger charge is 2.66. The fraction of sp³-hybridized carbons (Fsp3) is 0.906. The molecule has 0 aromatic carbocycles. The molecule has 0 N–H and O–H groups in total. The van der Waals surface area contributed by atoms with E-state index in [2.05, 4.69) is 33.8 Å². The van der Waals surface area contributed by atoms with Crippen molar-refractivity contribution < 1.29 is 19.1 Å². The van der Waals surface area contributed by atoms with Crippen molar-refractivity contribution in [2.24, 2.45) is 52.3 Å². The SMILES string of the molecule is CC[C@@H]1C2C[C@H](OC(C)=O)CC[C@@]2(C)[C@H]2CCC3(C)C([C@H](C)CCCCC#N)CC[C@H]3C2[C@@H]1OC(C)=O. The highest BCUT2D eigenvalue weighted by atomic mass is 16.5. The first-order chi connectivity index (χ1) is 17.6. The summed E-state index contributed by atoms with van der Waals surface area (Å²) in [6, 6.07) is 2.30. The molecule has 0 aromatic heterocycles. The van der Waals surface area contributed by atoms with Gasteiger partial charge in [0, 0.05) is 26.2 Å². The number of carbonyl (C=O) groups excluding carboxylic acids is 2. The molecule has 5 heteroatoms. The Bertz CT molecular complexity index is 881. The van der Waals surface area contributed by atoms with Crippen molar-refractivity contribution in [3.63, 3.8) is 0 Å². The normalized spacial score (nSPS) is 43.5. The summed E-state index contributed by atoms with van der Waals surface area (Å²) in [6.45, 7) is 12.9. The standard InChI is InChI=1S/C32H51NO4/c1-7-24-28-19-23(36-21(3)34)14-16-32(28,6)27-15-17-31(5)25(20(2)11-9-8-10-18-33)12-13-26(31)29(27)30(24)37-22(4)35/h20,23-30H,7-17,19H2,1-6H3/t20-,23-,24-,25?,26+,27+,28?,29?,30-,31?,32+/m1/s1. The first-order valence-corrected chi connectivity index (χ1v) is 15.3. The van der Waals surface area contributed by atoms with Crippen LogP contribution < -0.4 is 0 Å². The van der Waals surface area contributed by atoms with Crippen LogP contribution in [0.2, 0.25) is 0 Å². The molecule has 4 unspecified atom stereocenters. The molecule has 0 radical (unpaired) electrons. The molecule has 4 aliphatic rings. The van der Waals surface area contributed by atoms with Gasteiger partial charge < -0.3 is 9.47 Å². The minimum absolute atomic E-state index is 0.00856. The number of fused-ring (bicyclic) bond motifs is 5. The molecule has 0 amide bonds. The second-order valence-electron chi connectivity index (χ2n) is 13.7. The summed E-state index contributed by atoms with van der Waals surface area (Å²) in [6.07, 6.45) is 13.0. The van der Waals surface area contributed by atoms with Gasteiger partial charge in [-0.3, -0.25) is 9.59 Å². The zero-order valence-corrected chi connectivity index (χ0v) is 24.3. The summed E-state index contributed by atoms with van der Waals surface area (Å²) in [5.74, 6) is 3.38. The zero-order chi connectivity index (χ0) is 27.0. The summed E-state index contributed by atoms with van der Waals surface area (Å²) < 4.78 is 12.1. The van der Waals surface area contributed by atoms with Gasteiger partial charge in [-0.2, -0.15) is 5.26 Å². The van der Waals surface area contributed by atoms with Gasteiger partial charge >= 0.3 is 11.9 Å². The first-order valence-electron chi connectivity index (χ1n) is 15.3. The van der Waals surface area contributed by atoms with Crippen LogP contribution in [0.1, 0.15) is 119 Å². The molecule has 0 spiro atoms. The molecule has 4 saturated carbocycles. The number of esters is 2. The maximum Gasteiger partial charge on any atom is 0.302 e. The number of rotatable bonds is 8. The maximum absolute atomic E-state index is 12.5. The van der Waals surface area contributed by atoms with E-state index in [0.717, 1.165) is 38.5 Å². The quantitative estimate of drug-likeness (QED) is 0.248. The van der Waals surface area contributed by atoms with Crippen LogP contribution in [0.25, 0.3) is 0 Å². The summed E-state index contributed by atoms with van der Waals surface area (Å²) in [5.41, 5.74) is 0.506. The Hall–Kier alpha value is -1.57. The maximum atomic E-state index is 12.5. The van der Waals surface area contributed by atoms with E-state index in [4.69, 9.17) is 14.7 Å². The number of hydrogen-bond acceptors (Lipinski definition) is 5. The Morgan fingerprint density at radius 3 is 2.27 bits per heavy atom. The third-order valence-electron chi connectivity index (χ3n) is 11.9. The molecule has 4 aliphatic carbocycles. The number of nitrogens with zero attached hydrogens (tertiary/aromatic N) is 1. The summed E-state index contributed by atoms with van der Waals surface area (Å²) in [4.78, 5) is 24.3. The molecular weight excluding hydrogens is 462 g/mol. The number of carbonyl (C=O) groups is 2. The highest BCUT2D eigenvalue weighted by molar-refractivity contribution is 5.66. The number of hydrogen-bond donors (Lipinski definition) is 0. The van der Waals surface area contributed by atoms with Crippen molar-refractivity contribution in [1.29, 1.82) is 5.26 Å². The lowest BCUT2D eigenvalue weighted by atomic mass is 9.41. The average molecular weight is 514 g/mol. The first kappa shape index (κ1) is 28.4. The van der Waals surface area contributed by atoms with Gasteiger partial charge in [0.2, 0.25) is 0 Å². The van der Waals surface area contributed by atoms with E-state index in [9.17, 15) is 9.59 Å². The highest BCUT2D eigenvalue weighted by Crippen LogP contribution is 2.70. The molecule has 208 valence electrons. The zero-order valence-electron chi connectivity index (χ0n) is 24.3. The van der Waals surface area contributed by atoms with Crippen molar-refractivity contribution >= 4 is 11.9 Å². The van der Waals surface area contributed by atoms with Crippen LogP contribution in [-0.2, 0) is 19.1 Å². The largest absolute Gasteiger partial charge is 0.463 e. The molecule has 11 atom stereocenters. The van der Waals surface area contributed by atoms with E-state index in [1.165, 1.54) is 39.0 Å². The molecule has 37 heavy (non-hydrogen) atoms. The van der Waals surface area contributed by atoms with Gasteiger partial charge in [0.15, 0.2) is 0 Å². The monoisotopic (exact) mass is 513 g/mol. The number of ether oxygens (including phenoxy) is 2. The van der Waals surface area contributed by atoms with Crippen LogP contribution in [0.5, 0.6) is 0 Å². The van der Waals surface area contributed by atoms with E-state index < -0.39 is 0 Å². The van der Waals surface area contributed by atoms with Gasteiger partial charge in [-0.05, 0) is 104 Å². The third-order valence-corrected chi connectivity index (χ3v) is 11.9. The molecule has 0 aromatic rings. The van der Waals surface area contributed by atoms with E-state index in [1.54, 1.807) is 6.92 Å². The summed E-state index contributed by atoms with van der Waals surface area (Å²) in [7, 11) is 0. The Balaban J connectivity index is 1.63. The second-order valence-corrected chi connectivity index (χ2v) is 13.7. The van der Waals surface area contributed by atoms with Crippen LogP contribution in [-0.4, -0.2) is 24.1 Å². The summed E-state index contributed by atoms with van der Waals surface area (Å²) >= 11 is 0. The molecular formula is C32H51NO4. The predicted molar refractivity (Wildman–Crippen MR) is 144 cm³/mol. The van der Waals surface area contributed by atoms with E-state index in [1.807, 2.05) is 0 Å².